The van der Waals surface area contributed by atoms with E-state index in [2.05, 4.69) is 219 Å². The summed E-state index contributed by atoms with van der Waals surface area (Å²) in [5.41, 5.74) is 18.3. The van der Waals surface area contributed by atoms with E-state index in [9.17, 15) is 0 Å². The van der Waals surface area contributed by atoms with Crippen LogP contribution in [-0.4, -0.2) is 0 Å². The summed E-state index contributed by atoms with van der Waals surface area (Å²) in [7, 11) is 0. The molecule has 0 unspecified atom stereocenters. The molecule has 1 aliphatic carbocycles. The molecular weight excluding hydrogens is 627 g/mol. The van der Waals surface area contributed by atoms with Crippen LogP contribution in [0.1, 0.15) is 25.0 Å². The summed E-state index contributed by atoms with van der Waals surface area (Å²) in [5, 5.41) is 0. The fraction of sp³-hybridized carbons (Fsp3) is 0.0588. The molecule has 0 saturated carbocycles. The minimum atomic E-state index is -0.170. The molecule has 0 amide bonds. The van der Waals surface area contributed by atoms with Gasteiger partial charge in [0.05, 0.1) is 5.69 Å². The second kappa shape index (κ2) is 13.0. The molecule has 8 aromatic carbocycles. The molecule has 0 radical (unpaired) electrons. The highest BCUT2D eigenvalue weighted by Crippen LogP contribution is 2.54. The molecule has 1 aliphatic rings. The van der Waals surface area contributed by atoms with Gasteiger partial charge in [-0.1, -0.05) is 172 Å². The lowest BCUT2D eigenvalue weighted by atomic mass is 9.80. The molecule has 9 rings (SSSR count). The predicted molar refractivity (Wildman–Crippen MR) is 220 cm³/mol. The first-order chi connectivity index (χ1) is 25.5. The van der Waals surface area contributed by atoms with E-state index in [4.69, 9.17) is 0 Å². The Kier molecular flexibility index (Phi) is 7.90. The second-order valence-corrected chi connectivity index (χ2v) is 14.2. The fourth-order valence-corrected chi connectivity index (χ4v) is 7.91. The largest absolute Gasteiger partial charge is 0.310 e. The standard InChI is InChI=1S/C51H39N/c1-51(2)48-33-42(38-19-11-5-12-20-38)27-32-45(48)47-35-50(46(34-49(47)51)41-21-13-6-14-22-41)52(43-28-23-39(24-29-43)36-15-7-3-8-16-36)44-30-25-40(26-31-44)37-17-9-4-10-18-37/h3-35H,1-2H3. The molecule has 0 bridgehead atoms. The Morgan fingerprint density at radius 3 is 1.17 bits per heavy atom. The molecular formula is C51H39N. The number of rotatable bonds is 7. The first-order valence-electron chi connectivity index (χ1n) is 18.1. The molecule has 1 heteroatoms. The quantitative estimate of drug-likeness (QED) is 0.164. The SMILES string of the molecule is CC1(C)c2cc(-c3ccccc3)ccc2-c2cc(N(c3ccc(-c4ccccc4)cc3)c3ccc(-c4ccccc4)cc3)c(-c3ccccc3)cc21. The third-order valence-corrected chi connectivity index (χ3v) is 10.7. The Labute approximate surface area is 307 Å². The number of nitrogens with zero attached hydrogens (tertiary/aromatic N) is 1. The summed E-state index contributed by atoms with van der Waals surface area (Å²) in [5.74, 6) is 0. The van der Waals surface area contributed by atoms with Crippen LogP contribution in [0.3, 0.4) is 0 Å². The van der Waals surface area contributed by atoms with Gasteiger partial charge < -0.3 is 4.90 Å². The monoisotopic (exact) mass is 665 g/mol. The van der Waals surface area contributed by atoms with E-state index < -0.39 is 0 Å². The Morgan fingerprint density at radius 2 is 0.692 bits per heavy atom. The molecule has 0 aliphatic heterocycles. The molecule has 52 heavy (non-hydrogen) atoms. The van der Waals surface area contributed by atoms with E-state index in [1.54, 1.807) is 0 Å². The predicted octanol–water partition coefficient (Wildman–Crippen LogP) is 14.1. The van der Waals surface area contributed by atoms with Gasteiger partial charge in [0.2, 0.25) is 0 Å². The van der Waals surface area contributed by atoms with E-state index in [0.29, 0.717) is 0 Å². The maximum atomic E-state index is 2.46. The van der Waals surface area contributed by atoms with Gasteiger partial charge in [-0.3, -0.25) is 0 Å². The first-order valence-corrected chi connectivity index (χ1v) is 18.1. The number of hydrogen-bond donors (Lipinski definition) is 0. The average molecular weight is 666 g/mol. The molecule has 0 fully saturated rings. The van der Waals surface area contributed by atoms with Crippen molar-refractivity contribution in [3.05, 3.63) is 211 Å². The molecule has 0 heterocycles. The van der Waals surface area contributed by atoms with E-state index in [0.717, 1.165) is 17.1 Å². The smallest absolute Gasteiger partial charge is 0.0546 e. The summed E-state index contributed by atoms with van der Waals surface area (Å²) < 4.78 is 0. The van der Waals surface area contributed by atoms with Crippen LogP contribution in [0.5, 0.6) is 0 Å². The van der Waals surface area contributed by atoms with Gasteiger partial charge in [-0.2, -0.15) is 0 Å². The van der Waals surface area contributed by atoms with Crippen molar-refractivity contribution in [2.45, 2.75) is 19.3 Å². The number of hydrogen-bond acceptors (Lipinski definition) is 1. The van der Waals surface area contributed by atoms with E-state index >= 15 is 0 Å². The van der Waals surface area contributed by atoms with Crippen LogP contribution < -0.4 is 4.90 Å². The van der Waals surface area contributed by atoms with Gasteiger partial charge in [0, 0.05) is 22.4 Å². The van der Waals surface area contributed by atoms with Crippen LogP contribution in [-0.2, 0) is 5.41 Å². The van der Waals surface area contributed by atoms with Crippen LogP contribution in [0.2, 0.25) is 0 Å². The lowest BCUT2D eigenvalue weighted by Crippen LogP contribution is -2.16. The van der Waals surface area contributed by atoms with Gasteiger partial charge in [-0.05, 0) is 104 Å². The molecule has 248 valence electrons. The van der Waals surface area contributed by atoms with Crippen molar-refractivity contribution < 1.29 is 0 Å². The van der Waals surface area contributed by atoms with Crippen molar-refractivity contribution in [3.8, 4) is 55.6 Å². The Hall–Kier alpha value is -6.44. The molecule has 0 N–H and O–H groups in total. The van der Waals surface area contributed by atoms with Crippen LogP contribution >= 0.6 is 0 Å². The third kappa shape index (κ3) is 5.61. The van der Waals surface area contributed by atoms with Crippen molar-refractivity contribution in [3.63, 3.8) is 0 Å². The molecule has 0 spiro atoms. The zero-order chi connectivity index (χ0) is 35.1. The summed E-state index contributed by atoms with van der Waals surface area (Å²) in [6.45, 7) is 4.76. The fourth-order valence-electron chi connectivity index (χ4n) is 7.91. The molecule has 1 nitrogen and oxygen atoms in total. The normalized spacial score (nSPS) is 12.6. The summed E-state index contributed by atoms with van der Waals surface area (Å²) in [4.78, 5) is 2.44. The van der Waals surface area contributed by atoms with Crippen molar-refractivity contribution >= 4 is 17.1 Å². The van der Waals surface area contributed by atoms with Crippen LogP contribution in [0, 0.1) is 0 Å². The maximum absolute atomic E-state index is 2.46. The lowest BCUT2D eigenvalue weighted by molar-refractivity contribution is 0.661. The summed E-state index contributed by atoms with van der Waals surface area (Å²) in [6.07, 6.45) is 0. The number of fused-ring (bicyclic) bond motifs is 3. The van der Waals surface area contributed by atoms with E-state index in [-0.39, 0.29) is 5.41 Å². The molecule has 8 aromatic rings. The number of benzene rings is 8. The van der Waals surface area contributed by atoms with Gasteiger partial charge in [0.1, 0.15) is 0 Å². The van der Waals surface area contributed by atoms with Crippen LogP contribution in [0.4, 0.5) is 17.1 Å². The lowest BCUT2D eigenvalue weighted by Gasteiger charge is -2.30. The molecule has 0 aromatic heterocycles. The summed E-state index contributed by atoms with van der Waals surface area (Å²) in [6, 6.07) is 72.8. The van der Waals surface area contributed by atoms with Gasteiger partial charge in [0.15, 0.2) is 0 Å². The Bertz CT molecular complexity index is 2400. The highest BCUT2D eigenvalue weighted by molar-refractivity contribution is 5.95. The summed E-state index contributed by atoms with van der Waals surface area (Å²) >= 11 is 0. The van der Waals surface area contributed by atoms with Gasteiger partial charge in [0.25, 0.3) is 0 Å². The van der Waals surface area contributed by atoms with Crippen LogP contribution in [0.15, 0.2) is 200 Å². The number of anilines is 3. The maximum Gasteiger partial charge on any atom is 0.0546 e. The van der Waals surface area contributed by atoms with Crippen molar-refractivity contribution in [2.24, 2.45) is 0 Å². The van der Waals surface area contributed by atoms with Gasteiger partial charge >= 0.3 is 0 Å². The zero-order valence-corrected chi connectivity index (χ0v) is 29.5. The molecule has 0 atom stereocenters. The Balaban J connectivity index is 1.25. The highest BCUT2D eigenvalue weighted by Gasteiger charge is 2.37. The molecule has 0 saturated heterocycles. The average Bonchev–Trinajstić information content (AvgIpc) is 3.44. The Morgan fingerprint density at radius 1 is 0.308 bits per heavy atom. The third-order valence-electron chi connectivity index (χ3n) is 10.7. The van der Waals surface area contributed by atoms with E-state index in [1.807, 2.05) is 0 Å². The van der Waals surface area contributed by atoms with Gasteiger partial charge in [-0.25, -0.2) is 0 Å². The van der Waals surface area contributed by atoms with Crippen LogP contribution in [0.25, 0.3) is 55.6 Å². The minimum Gasteiger partial charge on any atom is -0.310 e. The van der Waals surface area contributed by atoms with Crippen molar-refractivity contribution in [1.29, 1.82) is 0 Å². The zero-order valence-electron chi connectivity index (χ0n) is 29.5. The van der Waals surface area contributed by atoms with Crippen molar-refractivity contribution in [2.75, 3.05) is 4.90 Å². The van der Waals surface area contributed by atoms with Gasteiger partial charge in [-0.15, -0.1) is 0 Å². The van der Waals surface area contributed by atoms with Crippen molar-refractivity contribution in [1.82, 2.24) is 0 Å². The first kappa shape index (κ1) is 31.5. The minimum absolute atomic E-state index is 0.170. The second-order valence-electron chi connectivity index (χ2n) is 14.2. The topological polar surface area (TPSA) is 3.24 Å². The van der Waals surface area contributed by atoms with E-state index in [1.165, 1.54) is 66.8 Å². The highest BCUT2D eigenvalue weighted by atomic mass is 15.1.